The number of fused-ring (bicyclic) bond motifs is 2. The SMILES string of the molecule is O=C(OCC(=O)N1CCCc2ccccc21)c1ccc2nc(Cl)ccc2c1. The van der Waals surface area contributed by atoms with Gasteiger partial charge in [-0.25, -0.2) is 9.78 Å². The van der Waals surface area contributed by atoms with E-state index in [2.05, 4.69) is 4.98 Å². The number of aryl methyl sites for hydroxylation is 1. The van der Waals surface area contributed by atoms with Crippen LogP contribution in [0.5, 0.6) is 0 Å². The van der Waals surface area contributed by atoms with Gasteiger partial charge in [-0.3, -0.25) is 4.79 Å². The maximum Gasteiger partial charge on any atom is 0.338 e. The average Bonchev–Trinajstić information content (AvgIpc) is 2.71. The van der Waals surface area contributed by atoms with Gasteiger partial charge in [-0.15, -0.1) is 0 Å². The second-order valence-corrected chi connectivity index (χ2v) is 6.78. The molecule has 0 saturated carbocycles. The summed E-state index contributed by atoms with van der Waals surface area (Å²) in [6.45, 7) is 0.347. The van der Waals surface area contributed by atoms with Crippen molar-refractivity contribution in [2.45, 2.75) is 12.8 Å². The number of pyridine rings is 1. The standard InChI is InChI=1S/C21H17ClN2O3/c22-19-10-8-15-12-16(7-9-17(15)23-19)21(26)27-13-20(25)24-11-3-5-14-4-1-2-6-18(14)24/h1-2,4,6-10,12H,3,5,11,13H2. The second kappa shape index (κ2) is 7.37. The molecule has 0 unspecified atom stereocenters. The Morgan fingerprint density at radius 3 is 2.85 bits per heavy atom. The number of amides is 1. The zero-order valence-corrected chi connectivity index (χ0v) is 15.3. The van der Waals surface area contributed by atoms with Crippen molar-refractivity contribution in [3.8, 4) is 0 Å². The van der Waals surface area contributed by atoms with E-state index in [9.17, 15) is 9.59 Å². The van der Waals surface area contributed by atoms with Gasteiger partial charge in [-0.2, -0.15) is 0 Å². The van der Waals surface area contributed by atoms with E-state index >= 15 is 0 Å². The van der Waals surface area contributed by atoms with Crippen molar-refractivity contribution in [1.29, 1.82) is 0 Å². The topological polar surface area (TPSA) is 59.5 Å². The normalized spacial score (nSPS) is 13.3. The zero-order chi connectivity index (χ0) is 18.8. The van der Waals surface area contributed by atoms with Crippen LogP contribution in [0.4, 0.5) is 5.69 Å². The minimum absolute atomic E-state index is 0.218. The third-order valence-electron chi connectivity index (χ3n) is 4.63. The number of esters is 1. The fourth-order valence-electron chi connectivity index (χ4n) is 3.31. The van der Waals surface area contributed by atoms with Crippen LogP contribution >= 0.6 is 11.6 Å². The Bertz CT molecular complexity index is 1030. The zero-order valence-electron chi connectivity index (χ0n) is 14.5. The van der Waals surface area contributed by atoms with Crippen LogP contribution < -0.4 is 4.90 Å². The van der Waals surface area contributed by atoms with E-state index < -0.39 is 5.97 Å². The summed E-state index contributed by atoms with van der Waals surface area (Å²) >= 11 is 5.87. The number of rotatable bonds is 3. The van der Waals surface area contributed by atoms with Gasteiger partial charge in [0.15, 0.2) is 6.61 Å². The molecule has 0 N–H and O–H groups in total. The maximum atomic E-state index is 12.6. The lowest BCUT2D eigenvalue weighted by atomic mass is 10.0. The van der Waals surface area contributed by atoms with Gasteiger partial charge in [0.05, 0.1) is 11.1 Å². The molecule has 0 radical (unpaired) electrons. The van der Waals surface area contributed by atoms with Gasteiger partial charge in [0.1, 0.15) is 5.15 Å². The fourth-order valence-corrected chi connectivity index (χ4v) is 3.46. The van der Waals surface area contributed by atoms with Crippen LogP contribution in [0.1, 0.15) is 22.3 Å². The molecule has 1 aliphatic rings. The van der Waals surface area contributed by atoms with Gasteiger partial charge in [-0.05, 0) is 54.8 Å². The first-order chi connectivity index (χ1) is 13.1. The van der Waals surface area contributed by atoms with Crippen LogP contribution in [0.15, 0.2) is 54.6 Å². The van der Waals surface area contributed by atoms with Crippen molar-refractivity contribution in [2.24, 2.45) is 0 Å². The molecule has 27 heavy (non-hydrogen) atoms. The molecule has 0 spiro atoms. The largest absolute Gasteiger partial charge is 0.452 e. The molecule has 4 rings (SSSR count). The van der Waals surface area contributed by atoms with Gasteiger partial charge < -0.3 is 9.64 Å². The van der Waals surface area contributed by atoms with Crippen LogP contribution in [-0.4, -0.2) is 30.0 Å². The summed E-state index contributed by atoms with van der Waals surface area (Å²) in [4.78, 5) is 30.8. The molecule has 1 aromatic heterocycles. The first-order valence-electron chi connectivity index (χ1n) is 8.73. The minimum atomic E-state index is -0.537. The van der Waals surface area contributed by atoms with Gasteiger partial charge in [0, 0.05) is 17.6 Å². The molecule has 0 fully saturated rings. The van der Waals surface area contributed by atoms with Crippen LogP contribution in [-0.2, 0) is 16.0 Å². The third-order valence-corrected chi connectivity index (χ3v) is 4.84. The summed E-state index contributed by atoms with van der Waals surface area (Å²) < 4.78 is 5.25. The minimum Gasteiger partial charge on any atom is -0.452 e. The number of carbonyl (C=O) groups excluding carboxylic acids is 2. The molecule has 0 saturated heterocycles. The van der Waals surface area contributed by atoms with E-state index in [1.54, 1.807) is 35.2 Å². The summed E-state index contributed by atoms with van der Waals surface area (Å²) in [5.74, 6) is -0.754. The van der Waals surface area contributed by atoms with Crippen molar-refractivity contribution >= 4 is 40.1 Å². The number of benzene rings is 2. The smallest absolute Gasteiger partial charge is 0.338 e. The molecule has 1 aliphatic heterocycles. The Morgan fingerprint density at radius 1 is 1.11 bits per heavy atom. The predicted molar refractivity (Wildman–Crippen MR) is 104 cm³/mol. The van der Waals surface area contributed by atoms with Crippen LogP contribution in [0, 0.1) is 0 Å². The molecule has 5 nitrogen and oxygen atoms in total. The highest BCUT2D eigenvalue weighted by Crippen LogP contribution is 2.26. The van der Waals surface area contributed by atoms with E-state index in [1.807, 2.05) is 24.3 Å². The molecule has 2 aromatic carbocycles. The first kappa shape index (κ1) is 17.5. The molecule has 6 heteroatoms. The molecule has 0 bridgehead atoms. The Labute approximate surface area is 161 Å². The lowest BCUT2D eigenvalue weighted by Crippen LogP contribution is -2.38. The number of nitrogens with zero attached hydrogens (tertiary/aromatic N) is 2. The van der Waals surface area contributed by atoms with Crippen LogP contribution in [0.25, 0.3) is 10.9 Å². The number of para-hydroxylation sites is 1. The average molecular weight is 381 g/mol. The van der Waals surface area contributed by atoms with Gasteiger partial charge in [-0.1, -0.05) is 29.8 Å². The number of carbonyl (C=O) groups is 2. The number of ether oxygens (including phenoxy) is 1. The van der Waals surface area contributed by atoms with E-state index in [-0.39, 0.29) is 12.5 Å². The number of anilines is 1. The van der Waals surface area contributed by atoms with Crippen LogP contribution in [0.2, 0.25) is 5.15 Å². The van der Waals surface area contributed by atoms with Crippen molar-refractivity contribution in [3.05, 3.63) is 70.9 Å². The quantitative estimate of drug-likeness (QED) is 0.508. The molecule has 1 amide bonds. The van der Waals surface area contributed by atoms with Gasteiger partial charge >= 0.3 is 5.97 Å². The molecule has 0 atom stereocenters. The highest BCUT2D eigenvalue weighted by Gasteiger charge is 2.23. The van der Waals surface area contributed by atoms with Crippen molar-refractivity contribution < 1.29 is 14.3 Å². The lowest BCUT2D eigenvalue weighted by Gasteiger charge is -2.29. The number of halogens is 1. The molecule has 3 aromatic rings. The van der Waals surface area contributed by atoms with E-state index in [0.29, 0.717) is 22.8 Å². The van der Waals surface area contributed by atoms with E-state index in [4.69, 9.17) is 16.3 Å². The number of hydrogen-bond donors (Lipinski definition) is 0. The van der Waals surface area contributed by atoms with Gasteiger partial charge in [0.25, 0.3) is 5.91 Å². The molecule has 2 heterocycles. The molecule has 0 aliphatic carbocycles. The fraction of sp³-hybridized carbons (Fsp3) is 0.190. The third kappa shape index (κ3) is 3.64. The summed E-state index contributed by atoms with van der Waals surface area (Å²) in [6.07, 6.45) is 1.85. The van der Waals surface area contributed by atoms with E-state index in [0.717, 1.165) is 29.5 Å². The summed E-state index contributed by atoms with van der Waals surface area (Å²) in [6, 6.07) is 16.3. The van der Waals surface area contributed by atoms with Crippen LogP contribution in [0.3, 0.4) is 0 Å². The molecule has 136 valence electrons. The molecular weight excluding hydrogens is 364 g/mol. The van der Waals surface area contributed by atoms with E-state index in [1.165, 1.54) is 0 Å². The monoisotopic (exact) mass is 380 g/mol. The predicted octanol–water partition coefficient (Wildman–Crippen LogP) is 4.02. The number of hydrogen-bond acceptors (Lipinski definition) is 4. The number of aromatic nitrogens is 1. The highest BCUT2D eigenvalue weighted by molar-refractivity contribution is 6.29. The summed E-state index contributed by atoms with van der Waals surface area (Å²) in [5.41, 5.74) is 3.11. The Hall–Kier alpha value is -2.92. The Balaban J connectivity index is 1.45. The van der Waals surface area contributed by atoms with Crippen molar-refractivity contribution in [3.63, 3.8) is 0 Å². The second-order valence-electron chi connectivity index (χ2n) is 6.40. The lowest BCUT2D eigenvalue weighted by molar-refractivity contribution is -0.121. The van der Waals surface area contributed by atoms with Gasteiger partial charge in [0.2, 0.25) is 0 Å². The van der Waals surface area contributed by atoms with Crippen molar-refractivity contribution in [2.75, 3.05) is 18.1 Å². The molecular formula is C21H17ClN2O3. The van der Waals surface area contributed by atoms with Crippen molar-refractivity contribution in [1.82, 2.24) is 4.98 Å². The highest BCUT2D eigenvalue weighted by atomic mass is 35.5. The Kier molecular flexibility index (Phi) is 4.77. The maximum absolute atomic E-state index is 12.6. The Morgan fingerprint density at radius 2 is 1.96 bits per heavy atom. The summed E-state index contributed by atoms with van der Waals surface area (Å²) in [5, 5.41) is 1.18. The first-order valence-corrected chi connectivity index (χ1v) is 9.11. The summed E-state index contributed by atoms with van der Waals surface area (Å²) in [7, 11) is 0.